The molecule has 0 heteroatoms. The minimum absolute atomic E-state index is 1.10. The molecule has 0 unspecified atom stereocenters. The standard InChI is InChI=1S/C18H32/c1-3-5-7-9-11-13-15-17-18-16-14-12-10-8-6-4-2/h9,11-12,14,17-18H,3-8,10,13,15-16H2,1-2H3/b11-9+,14-12+,18-17+. The van der Waals surface area contributed by atoms with E-state index in [0.29, 0.717) is 0 Å². The summed E-state index contributed by atoms with van der Waals surface area (Å²) < 4.78 is 0. The highest BCUT2D eigenvalue weighted by atomic mass is 13.9. The van der Waals surface area contributed by atoms with E-state index in [2.05, 4.69) is 50.3 Å². The molecule has 0 N–H and O–H groups in total. The lowest BCUT2D eigenvalue weighted by atomic mass is 10.2. The zero-order valence-electron chi connectivity index (χ0n) is 12.5. The van der Waals surface area contributed by atoms with Crippen molar-refractivity contribution in [2.75, 3.05) is 0 Å². The number of allylic oxidation sites excluding steroid dienone is 6. The van der Waals surface area contributed by atoms with Gasteiger partial charge in [-0.1, -0.05) is 76.0 Å². The molecule has 0 radical (unpaired) electrons. The van der Waals surface area contributed by atoms with Crippen LogP contribution in [0.5, 0.6) is 0 Å². The molecule has 0 aromatic carbocycles. The van der Waals surface area contributed by atoms with Crippen LogP contribution in [0.15, 0.2) is 36.5 Å². The predicted molar refractivity (Wildman–Crippen MR) is 84.9 cm³/mol. The summed E-state index contributed by atoms with van der Waals surface area (Å²) in [6.45, 7) is 4.50. The van der Waals surface area contributed by atoms with E-state index in [1.165, 1.54) is 57.8 Å². The molecular weight excluding hydrogens is 216 g/mol. The van der Waals surface area contributed by atoms with Crippen molar-refractivity contribution in [3.8, 4) is 0 Å². The van der Waals surface area contributed by atoms with Crippen molar-refractivity contribution in [2.24, 2.45) is 0 Å². The summed E-state index contributed by atoms with van der Waals surface area (Å²) in [4.78, 5) is 0. The van der Waals surface area contributed by atoms with Gasteiger partial charge in [0.15, 0.2) is 0 Å². The van der Waals surface area contributed by atoms with Crippen molar-refractivity contribution in [1.82, 2.24) is 0 Å². The summed E-state index contributed by atoms with van der Waals surface area (Å²) >= 11 is 0. The van der Waals surface area contributed by atoms with Crippen molar-refractivity contribution in [1.29, 1.82) is 0 Å². The molecule has 0 amide bonds. The molecule has 0 heterocycles. The molecule has 0 atom stereocenters. The summed E-state index contributed by atoms with van der Waals surface area (Å²) in [6.07, 6.45) is 26.5. The van der Waals surface area contributed by atoms with Crippen LogP contribution in [0.4, 0.5) is 0 Å². The number of hydrogen-bond donors (Lipinski definition) is 0. The lowest BCUT2D eigenvalue weighted by Gasteiger charge is -1.91. The van der Waals surface area contributed by atoms with Crippen LogP contribution in [-0.4, -0.2) is 0 Å². The third kappa shape index (κ3) is 15.2. The molecule has 0 rings (SSSR count). The third-order valence-corrected chi connectivity index (χ3v) is 2.97. The Balaban J connectivity index is 3.25. The highest BCUT2D eigenvalue weighted by Crippen LogP contribution is 2.01. The van der Waals surface area contributed by atoms with Crippen molar-refractivity contribution in [3.05, 3.63) is 36.5 Å². The molecule has 0 aliphatic heterocycles. The Kier molecular flexibility index (Phi) is 15.5. The van der Waals surface area contributed by atoms with Crippen LogP contribution in [0.1, 0.15) is 78.1 Å². The molecule has 0 aromatic heterocycles. The molecule has 0 saturated heterocycles. The van der Waals surface area contributed by atoms with Gasteiger partial charge in [-0.05, 0) is 38.5 Å². The zero-order valence-corrected chi connectivity index (χ0v) is 12.5. The highest BCUT2D eigenvalue weighted by Gasteiger charge is 1.81. The van der Waals surface area contributed by atoms with E-state index >= 15 is 0 Å². The molecule has 0 aliphatic carbocycles. The smallest absolute Gasteiger partial charge is 0.0169 e. The fourth-order valence-electron chi connectivity index (χ4n) is 1.77. The third-order valence-electron chi connectivity index (χ3n) is 2.97. The van der Waals surface area contributed by atoms with Gasteiger partial charge in [0.1, 0.15) is 0 Å². The van der Waals surface area contributed by atoms with Gasteiger partial charge in [0.05, 0.1) is 0 Å². The Morgan fingerprint density at radius 1 is 0.500 bits per heavy atom. The van der Waals surface area contributed by atoms with E-state index in [-0.39, 0.29) is 0 Å². The van der Waals surface area contributed by atoms with E-state index in [1.54, 1.807) is 0 Å². The van der Waals surface area contributed by atoms with Crippen LogP contribution in [0.25, 0.3) is 0 Å². The van der Waals surface area contributed by atoms with Gasteiger partial charge in [-0.25, -0.2) is 0 Å². The van der Waals surface area contributed by atoms with E-state index in [9.17, 15) is 0 Å². The average molecular weight is 248 g/mol. The maximum atomic E-state index is 2.32. The molecule has 0 fully saturated rings. The monoisotopic (exact) mass is 248 g/mol. The van der Waals surface area contributed by atoms with Gasteiger partial charge in [0.25, 0.3) is 0 Å². The van der Waals surface area contributed by atoms with Crippen LogP contribution in [0.2, 0.25) is 0 Å². The lowest BCUT2D eigenvalue weighted by Crippen LogP contribution is -1.71. The zero-order chi connectivity index (χ0) is 13.3. The van der Waals surface area contributed by atoms with Crippen molar-refractivity contribution in [2.45, 2.75) is 78.1 Å². The number of rotatable bonds is 12. The van der Waals surface area contributed by atoms with Crippen LogP contribution >= 0.6 is 0 Å². The fourth-order valence-corrected chi connectivity index (χ4v) is 1.77. The predicted octanol–water partition coefficient (Wildman–Crippen LogP) is 6.60. The second kappa shape index (κ2) is 16.2. The molecule has 0 aromatic rings. The van der Waals surface area contributed by atoms with Gasteiger partial charge in [0.2, 0.25) is 0 Å². The van der Waals surface area contributed by atoms with Gasteiger partial charge in [-0.3, -0.25) is 0 Å². The van der Waals surface area contributed by atoms with Crippen LogP contribution < -0.4 is 0 Å². The van der Waals surface area contributed by atoms with Gasteiger partial charge >= 0.3 is 0 Å². The minimum Gasteiger partial charge on any atom is -0.0885 e. The maximum Gasteiger partial charge on any atom is -0.0169 e. The Hall–Kier alpha value is -0.780. The fraction of sp³-hybridized carbons (Fsp3) is 0.667. The van der Waals surface area contributed by atoms with Crippen LogP contribution in [0, 0.1) is 0 Å². The largest absolute Gasteiger partial charge is 0.0885 e. The number of hydrogen-bond acceptors (Lipinski definition) is 0. The second-order valence-corrected chi connectivity index (χ2v) is 4.87. The highest BCUT2D eigenvalue weighted by molar-refractivity contribution is 4.94. The first-order valence-corrected chi connectivity index (χ1v) is 7.86. The van der Waals surface area contributed by atoms with Gasteiger partial charge in [0, 0.05) is 0 Å². The molecular formula is C18H32. The lowest BCUT2D eigenvalue weighted by molar-refractivity contribution is 0.728. The van der Waals surface area contributed by atoms with Crippen LogP contribution in [-0.2, 0) is 0 Å². The Morgan fingerprint density at radius 2 is 1.00 bits per heavy atom. The summed E-state index contributed by atoms with van der Waals surface area (Å²) in [5, 5.41) is 0. The van der Waals surface area contributed by atoms with E-state index in [4.69, 9.17) is 0 Å². The Morgan fingerprint density at radius 3 is 1.67 bits per heavy atom. The van der Waals surface area contributed by atoms with Crippen LogP contribution in [0.3, 0.4) is 0 Å². The SMILES string of the molecule is CCCC/C=C/CC/C=C/C/C=C/CCCCC. The molecule has 0 nitrogen and oxygen atoms in total. The average Bonchev–Trinajstić information content (AvgIpc) is 2.39. The first-order valence-electron chi connectivity index (χ1n) is 7.86. The second-order valence-electron chi connectivity index (χ2n) is 4.87. The van der Waals surface area contributed by atoms with Gasteiger partial charge < -0.3 is 0 Å². The molecule has 104 valence electrons. The van der Waals surface area contributed by atoms with E-state index < -0.39 is 0 Å². The summed E-state index contributed by atoms with van der Waals surface area (Å²) in [5.41, 5.74) is 0. The molecule has 0 aliphatic rings. The molecule has 0 saturated carbocycles. The normalized spacial score (nSPS) is 12.3. The minimum atomic E-state index is 1.10. The van der Waals surface area contributed by atoms with E-state index in [1.807, 2.05) is 0 Å². The summed E-state index contributed by atoms with van der Waals surface area (Å²) in [6, 6.07) is 0. The molecule has 0 spiro atoms. The Bertz CT molecular complexity index is 220. The first kappa shape index (κ1) is 17.2. The van der Waals surface area contributed by atoms with E-state index in [0.717, 1.165) is 6.42 Å². The van der Waals surface area contributed by atoms with Crippen molar-refractivity contribution >= 4 is 0 Å². The molecule has 18 heavy (non-hydrogen) atoms. The summed E-state index contributed by atoms with van der Waals surface area (Å²) in [7, 11) is 0. The topological polar surface area (TPSA) is 0 Å². The number of unbranched alkanes of at least 4 members (excludes halogenated alkanes) is 6. The van der Waals surface area contributed by atoms with Crippen molar-refractivity contribution in [3.63, 3.8) is 0 Å². The summed E-state index contributed by atoms with van der Waals surface area (Å²) in [5.74, 6) is 0. The Labute approximate surface area is 115 Å². The molecule has 0 bridgehead atoms. The quantitative estimate of drug-likeness (QED) is 0.270. The first-order chi connectivity index (χ1) is 8.91. The van der Waals surface area contributed by atoms with Crippen molar-refractivity contribution < 1.29 is 0 Å². The van der Waals surface area contributed by atoms with Gasteiger partial charge in [-0.15, -0.1) is 0 Å². The maximum absolute atomic E-state index is 2.32. The van der Waals surface area contributed by atoms with Gasteiger partial charge in [-0.2, -0.15) is 0 Å².